The normalized spacial score (nSPS) is 10.7. The summed E-state index contributed by atoms with van der Waals surface area (Å²) < 4.78 is 31.1. The minimum absolute atomic E-state index is 0.0757. The van der Waals surface area contributed by atoms with E-state index in [1.807, 2.05) is 24.3 Å². The van der Waals surface area contributed by atoms with Crippen LogP contribution < -0.4 is 19.5 Å². The van der Waals surface area contributed by atoms with Gasteiger partial charge in [0.05, 0.1) is 13.3 Å². The van der Waals surface area contributed by atoms with E-state index in [1.165, 1.54) is 30.5 Å². The maximum absolute atomic E-state index is 14.4. The largest absolute Gasteiger partial charge is 0.493 e. The molecule has 0 saturated carbocycles. The van der Waals surface area contributed by atoms with Gasteiger partial charge in [-0.2, -0.15) is 0 Å². The number of carbonyl (C=O) groups is 1. The van der Waals surface area contributed by atoms with E-state index in [4.69, 9.17) is 14.2 Å². The van der Waals surface area contributed by atoms with Crippen LogP contribution in [0, 0.1) is 5.82 Å². The molecular formula is C28H24FN3O4. The molecule has 2 aromatic heterocycles. The number of halogens is 1. The van der Waals surface area contributed by atoms with Crippen molar-refractivity contribution in [3.8, 4) is 23.0 Å². The van der Waals surface area contributed by atoms with Crippen LogP contribution in [-0.2, 0) is 17.9 Å². The van der Waals surface area contributed by atoms with Gasteiger partial charge in [-0.15, -0.1) is 0 Å². The SMILES string of the molecule is COc1cc(CNC(=O)/C=C/c2ccc(Oc3cccnc3)c(F)c2)ccc1OCc1ccncc1. The van der Waals surface area contributed by atoms with Crippen LogP contribution in [0.15, 0.2) is 91.5 Å². The van der Waals surface area contributed by atoms with E-state index >= 15 is 0 Å². The molecule has 4 aromatic rings. The maximum Gasteiger partial charge on any atom is 0.244 e. The van der Waals surface area contributed by atoms with Crippen LogP contribution in [0.5, 0.6) is 23.0 Å². The second kappa shape index (κ2) is 12.1. The zero-order valence-electron chi connectivity index (χ0n) is 19.6. The highest BCUT2D eigenvalue weighted by Crippen LogP contribution is 2.29. The first-order valence-corrected chi connectivity index (χ1v) is 11.1. The average Bonchev–Trinajstić information content (AvgIpc) is 2.92. The molecule has 0 atom stereocenters. The van der Waals surface area contributed by atoms with E-state index < -0.39 is 5.82 Å². The smallest absolute Gasteiger partial charge is 0.244 e. The van der Waals surface area contributed by atoms with Crippen molar-refractivity contribution in [3.05, 3.63) is 114 Å². The summed E-state index contributed by atoms with van der Waals surface area (Å²) in [6, 6.07) is 17.1. The van der Waals surface area contributed by atoms with Crippen LogP contribution in [0.4, 0.5) is 4.39 Å². The number of rotatable bonds is 10. The van der Waals surface area contributed by atoms with Crippen molar-refractivity contribution in [2.45, 2.75) is 13.2 Å². The van der Waals surface area contributed by atoms with E-state index in [0.717, 1.165) is 11.1 Å². The Hall–Kier alpha value is -4.72. The van der Waals surface area contributed by atoms with Gasteiger partial charge >= 0.3 is 0 Å². The molecule has 2 heterocycles. The highest BCUT2D eigenvalue weighted by molar-refractivity contribution is 5.91. The van der Waals surface area contributed by atoms with E-state index in [0.29, 0.717) is 29.4 Å². The second-order valence-electron chi connectivity index (χ2n) is 7.66. The van der Waals surface area contributed by atoms with Gasteiger partial charge in [0.15, 0.2) is 23.1 Å². The summed E-state index contributed by atoms with van der Waals surface area (Å²) in [6.07, 6.45) is 9.40. The number of nitrogens with zero attached hydrogens (tertiary/aromatic N) is 2. The average molecular weight is 486 g/mol. The number of amides is 1. The highest BCUT2D eigenvalue weighted by atomic mass is 19.1. The zero-order valence-corrected chi connectivity index (χ0v) is 19.6. The number of hydrogen-bond donors (Lipinski definition) is 1. The molecular weight excluding hydrogens is 461 g/mol. The first kappa shape index (κ1) is 24.4. The molecule has 0 unspecified atom stereocenters. The first-order valence-electron chi connectivity index (χ1n) is 11.1. The Bertz CT molecular complexity index is 1330. The van der Waals surface area contributed by atoms with Crippen LogP contribution in [0.2, 0.25) is 0 Å². The van der Waals surface area contributed by atoms with Gasteiger partial charge in [-0.3, -0.25) is 14.8 Å². The molecule has 8 heteroatoms. The van der Waals surface area contributed by atoms with E-state index in [9.17, 15) is 9.18 Å². The van der Waals surface area contributed by atoms with Crippen LogP contribution in [0.3, 0.4) is 0 Å². The van der Waals surface area contributed by atoms with Crippen LogP contribution in [0.25, 0.3) is 6.08 Å². The molecule has 182 valence electrons. The topological polar surface area (TPSA) is 82.6 Å². The predicted octanol–water partition coefficient (Wildman–Crippen LogP) is 5.33. The van der Waals surface area contributed by atoms with E-state index in [-0.39, 0.29) is 18.2 Å². The summed E-state index contributed by atoms with van der Waals surface area (Å²) in [6.45, 7) is 0.674. The Morgan fingerprint density at radius 2 is 1.78 bits per heavy atom. The summed E-state index contributed by atoms with van der Waals surface area (Å²) in [5.41, 5.74) is 2.36. The number of methoxy groups -OCH3 is 1. The lowest BCUT2D eigenvalue weighted by Gasteiger charge is -2.12. The van der Waals surface area contributed by atoms with Crippen molar-refractivity contribution in [1.29, 1.82) is 0 Å². The van der Waals surface area contributed by atoms with Crippen molar-refractivity contribution in [1.82, 2.24) is 15.3 Å². The van der Waals surface area contributed by atoms with E-state index in [2.05, 4.69) is 15.3 Å². The van der Waals surface area contributed by atoms with Crippen LogP contribution in [0.1, 0.15) is 16.7 Å². The van der Waals surface area contributed by atoms with Gasteiger partial charge in [0.1, 0.15) is 12.4 Å². The van der Waals surface area contributed by atoms with Gasteiger partial charge in [0.25, 0.3) is 0 Å². The van der Waals surface area contributed by atoms with Crippen molar-refractivity contribution in [2.24, 2.45) is 0 Å². The summed E-state index contributed by atoms with van der Waals surface area (Å²) in [5, 5.41) is 2.80. The summed E-state index contributed by atoms with van der Waals surface area (Å²) in [4.78, 5) is 20.2. The highest BCUT2D eigenvalue weighted by Gasteiger charge is 2.08. The summed E-state index contributed by atoms with van der Waals surface area (Å²) in [5.74, 6) is 0.816. The summed E-state index contributed by atoms with van der Waals surface area (Å²) >= 11 is 0. The number of carbonyl (C=O) groups excluding carboxylic acids is 1. The Morgan fingerprint density at radius 3 is 2.53 bits per heavy atom. The zero-order chi connectivity index (χ0) is 25.2. The van der Waals surface area contributed by atoms with Gasteiger partial charge < -0.3 is 19.5 Å². The first-order chi connectivity index (χ1) is 17.6. The van der Waals surface area contributed by atoms with Gasteiger partial charge in [-0.25, -0.2) is 4.39 Å². The van der Waals surface area contributed by atoms with E-state index in [1.54, 1.807) is 50.0 Å². The standard InChI is InChI=1S/C28H24FN3O4/c1-34-27-16-22(5-8-26(27)35-19-21-10-13-30-14-11-21)17-32-28(33)9-6-20-4-7-25(24(29)15-20)36-23-3-2-12-31-18-23/h2-16,18H,17,19H2,1H3,(H,32,33)/b9-6+. The third-order valence-corrected chi connectivity index (χ3v) is 5.08. The third-order valence-electron chi connectivity index (χ3n) is 5.08. The van der Waals surface area contributed by atoms with Crippen LogP contribution >= 0.6 is 0 Å². The fourth-order valence-electron chi connectivity index (χ4n) is 3.24. The minimum atomic E-state index is -0.542. The third kappa shape index (κ3) is 6.89. The fourth-order valence-corrected chi connectivity index (χ4v) is 3.24. The number of aromatic nitrogens is 2. The van der Waals surface area contributed by atoms with Crippen molar-refractivity contribution >= 4 is 12.0 Å². The van der Waals surface area contributed by atoms with Crippen molar-refractivity contribution < 1.29 is 23.4 Å². The Morgan fingerprint density at radius 1 is 0.944 bits per heavy atom. The van der Waals surface area contributed by atoms with Gasteiger partial charge in [0.2, 0.25) is 5.91 Å². The molecule has 36 heavy (non-hydrogen) atoms. The molecule has 0 fully saturated rings. The van der Waals surface area contributed by atoms with Gasteiger partial charge in [-0.1, -0.05) is 12.1 Å². The summed E-state index contributed by atoms with van der Waals surface area (Å²) in [7, 11) is 1.56. The number of ether oxygens (including phenoxy) is 3. The number of hydrogen-bond acceptors (Lipinski definition) is 6. The molecule has 0 aliphatic carbocycles. The molecule has 7 nitrogen and oxygen atoms in total. The predicted molar refractivity (Wildman–Crippen MR) is 133 cm³/mol. The van der Waals surface area contributed by atoms with Crippen LogP contribution in [-0.4, -0.2) is 23.0 Å². The Kier molecular flexibility index (Phi) is 8.22. The lowest BCUT2D eigenvalue weighted by Crippen LogP contribution is -2.20. The molecule has 1 N–H and O–H groups in total. The monoisotopic (exact) mass is 485 g/mol. The molecule has 0 bridgehead atoms. The number of nitrogens with one attached hydrogen (secondary N) is 1. The van der Waals surface area contributed by atoms with Crippen molar-refractivity contribution in [3.63, 3.8) is 0 Å². The quantitative estimate of drug-likeness (QED) is 0.306. The van der Waals surface area contributed by atoms with Gasteiger partial charge in [-0.05, 0) is 71.3 Å². The lowest BCUT2D eigenvalue weighted by atomic mass is 10.2. The molecule has 0 saturated heterocycles. The van der Waals surface area contributed by atoms with Crippen molar-refractivity contribution in [2.75, 3.05) is 7.11 Å². The molecule has 0 aliphatic heterocycles. The molecule has 0 spiro atoms. The molecule has 0 radical (unpaired) electrons. The Balaban J connectivity index is 1.30. The molecule has 0 aliphatic rings. The number of benzene rings is 2. The number of pyridine rings is 2. The lowest BCUT2D eigenvalue weighted by molar-refractivity contribution is -0.116. The Labute approximate surface area is 208 Å². The fraction of sp³-hybridized carbons (Fsp3) is 0.107. The molecule has 1 amide bonds. The molecule has 4 rings (SSSR count). The molecule has 2 aromatic carbocycles. The second-order valence-corrected chi connectivity index (χ2v) is 7.66. The minimum Gasteiger partial charge on any atom is -0.493 e. The van der Waals surface area contributed by atoms with Gasteiger partial charge in [0, 0.05) is 31.2 Å². The maximum atomic E-state index is 14.4.